The predicted octanol–water partition coefficient (Wildman–Crippen LogP) is 2.77. The van der Waals surface area contributed by atoms with E-state index in [0.29, 0.717) is 18.1 Å². The van der Waals surface area contributed by atoms with Crippen molar-refractivity contribution in [3.8, 4) is 0 Å². The van der Waals surface area contributed by atoms with E-state index in [1.165, 1.54) is 12.8 Å². The van der Waals surface area contributed by atoms with Gasteiger partial charge in [-0.1, -0.05) is 0 Å². The van der Waals surface area contributed by atoms with Gasteiger partial charge in [0.15, 0.2) is 0 Å². The number of nitrogens with zero attached hydrogens (tertiary/aromatic N) is 2. The molecular weight excluding hydrogens is 252 g/mol. The molecule has 1 aromatic heterocycles. The van der Waals surface area contributed by atoms with Gasteiger partial charge in [-0.2, -0.15) is 0 Å². The first-order chi connectivity index (χ1) is 9.78. The van der Waals surface area contributed by atoms with Crippen LogP contribution >= 0.6 is 0 Å². The van der Waals surface area contributed by atoms with E-state index in [4.69, 9.17) is 4.74 Å². The Hall–Kier alpha value is -1.36. The molecule has 3 rings (SSSR count). The smallest absolute Gasteiger partial charge is 0.136 e. The summed E-state index contributed by atoms with van der Waals surface area (Å²) < 4.78 is 5.43. The van der Waals surface area contributed by atoms with Crippen LogP contribution in [0.1, 0.15) is 50.8 Å². The van der Waals surface area contributed by atoms with Crippen LogP contribution < -0.4 is 10.6 Å². The van der Waals surface area contributed by atoms with Gasteiger partial charge in [0.2, 0.25) is 0 Å². The number of ether oxygens (including phenoxy) is 1. The fraction of sp³-hybridized carbons (Fsp3) is 0.733. The molecule has 2 N–H and O–H groups in total. The second kappa shape index (κ2) is 5.95. The highest BCUT2D eigenvalue weighted by Gasteiger charge is 2.28. The fourth-order valence-corrected chi connectivity index (χ4v) is 2.83. The standard InChI is InChI=1S/C15H24N4O/c1-3-16-13-9-14(19-15(18-13)10-4-5-10)17-11-6-7-12(8-11)20-2/h9-12H,3-8H2,1-2H3,(H2,16,17,18,19). The number of hydrogen-bond donors (Lipinski definition) is 2. The van der Waals surface area contributed by atoms with Gasteiger partial charge in [-0.15, -0.1) is 0 Å². The highest BCUT2D eigenvalue weighted by Crippen LogP contribution is 2.39. The molecule has 0 bridgehead atoms. The van der Waals surface area contributed by atoms with Gasteiger partial charge in [0.1, 0.15) is 17.5 Å². The van der Waals surface area contributed by atoms with Crippen LogP contribution in [0.2, 0.25) is 0 Å². The Balaban J connectivity index is 1.71. The Morgan fingerprint density at radius 2 is 2.00 bits per heavy atom. The van der Waals surface area contributed by atoms with E-state index in [-0.39, 0.29) is 0 Å². The maximum Gasteiger partial charge on any atom is 0.136 e. The van der Waals surface area contributed by atoms with Gasteiger partial charge in [-0.3, -0.25) is 0 Å². The summed E-state index contributed by atoms with van der Waals surface area (Å²) in [7, 11) is 1.80. The van der Waals surface area contributed by atoms with Crippen LogP contribution in [0.15, 0.2) is 6.07 Å². The summed E-state index contributed by atoms with van der Waals surface area (Å²) in [6.45, 7) is 2.97. The molecule has 0 radical (unpaired) electrons. The van der Waals surface area contributed by atoms with E-state index in [9.17, 15) is 0 Å². The molecule has 0 saturated heterocycles. The van der Waals surface area contributed by atoms with Crippen molar-refractivity contribution in [2.45, 2.75) is 57.1 Å². The van der Waals surface area contributed by atoms with Gasteiger partial charge < -0.3 is 15.4 Å². The van der Waals surface area contributed by atoms with Crippen LogP contribution in [0.3, 0.4) is 0 Å². The Kier molecular flexibility index (Phi) is 4.05. The summed E-state index contributed by atoms with van der Waals surface area (Å²) in [5.74, 6) is 3.46. The van der Waals surface area contributed by atoms with Crippen LogP contribution in [0.5, 0.6) is 0 Å². The lowest BCUT2D eigenvalue weighted by Crippen LogP contribution is -2.19. The van der Waals surface area contributed by atoms with Crippen molar-refractivity contribution in [2.75, 3.05) is 24.3 Å². The van der Waals surface area contributed by atoms with Crippen LogP contribution in [0.25, 0.3) is 0 Å². The van der Waals surface area contributed by atoms with Gasteiger partial charge in [-0.25, -0.2) is 9.97 Å². The third-order valence-electron chi connectivity index (χ3n) is 4.11. The zero-order valence-corrected chi connectivity index (χ0v) is 12.4. The number of anilines is 2. The van der Waals surface area contributed by atoms with Gasteiger partial charge in [0, 0.05) is 31.7 Å². The molecule has 0 aromatic carbocycles. The van der Waals surface area contributed by atoms with Crippen LogP contribution in [0.4, 0.5) is 11.6 Å². The van der Waals surface area contributed by atoms with Crippen molar-refractivity contribution in [3.05, 3.63) is 11.9 Å². The van der Waals surface area contributed by atoms with E-state index in [1.807, 2.05) is 6.07 Å². The number of methoxy groups -OCH3 is 1. The Bertz CT molecular complexity index is 461. The molecule has 110 valence electrons. The first-order valence-electron chi connectivity index (χ1n) is 7.70. The van der Waals surface area contributed by atoms with Gasteiger partial charge in [0.25, 0.3) is 0 Å². The predicted molar refractivity (Wildman–Crippen MR) is 80.2 cm³/mol. The van der Waals surface area contributed by atoms with E-state index in [1.54, 1.807) is 7.11 Å². The number of aromatic nitrogens is 2. The molecule has 1 aromatic rings. The largest absolute Gasteiger partial charge is 0.381 e. The molecule has 5 nitrogen and oxygen atoms in total. The van der Waals surface area contributed by atoms with Crippen LogP contribution in [-0.2, 0) is 4.74 Å². The minimum atomic E-state index is 0.394. The third kappa shape index (κ3) is 3.20. The SMILES string of the molecule is CCNc1cc(NC2CCC(OC)C2)nc(C2CC2)n1. The van der Waals surface area contributed by atoms with E-state index < -0.39 is 0 Å². The molecule has 2 unspecified atom stereocenters. The molecule has 2 aliphatic carbocycles. The summed E-state index contributed by atoms with van der Waals surface area (Å²) in [5.41, 5.74) is 0. The lowest BCUT2D eigenvalue weighted by molar-refractivity contribution is 0.108. The molecule has 20 heavy (non-hydrogen) atoms. The zero-order chi connectivity index (χ0) is 13.9. The summed E-state index contributed by atoms with van der Waals surface area (Å²) in [6.07, 6.45) is 6.20. The van der Waals surface area contributed by atoms with Gasteiger partial charge in [-0.05, 0) is 39.0 Å². The lowest BCUT2D eigenvalue weighted by atomic mass is 10.2. The zero-order valence-electron chi connectivity index (χ0n) is 12.4. The topological polar surface area (TPSA) is 59.1 Å². The van der Waals surface area contributed by atoms with Crippen molar-refractivity contribution >= 4 is 11.6 Å². The first-order valence-corrected chi connectivity index (χ1v) is 7.70. The second-order valence-corrected chi connectivity index (χ2v) is 5.81. The maximum atomic E-state index is 5.43. The Morgan fingerprint density at radius 1 is 1.20 bits per heavy atom. The van der Waals surface area contributed by atoms with Crippen molar-refractivity contribution in [1.29, 1.82) is 0 Å². The number of rotatable bonds is 6. The Morgan fingerprint density at radius 3 is 2.65 bits per heavy atom. The molecule has 0 amide bonds. The molecule has 2 fully saturated rings. The maximum absolute atomic E-state index is 5.43. The van der Waals surface area contributed by atoms with Crippen LogP contribution in [0, 0.1) is 0 Å². The first kappa shape index (κ1) is 13.6. The molecule has 2 aliphatic rings. The van der Waals surface area contributed by atoms with E-state index in [2.05, 4.69) is 27.5 Å². The average molecular weight is 276 g/mol. The molecule has 0 aliphatic heterocycles. The van der Waals surface area contributed by atoms with Gasteiger partial charge >= 0.3 is 0 Å². The molecular formula is C15H24N4O. The van der Waals surface area contributed by atoms with Crippen molar-refractivity contribution in [2.24, 2.45) is 0 Å². The quantitative estimate of drug-likeness (QED) is 0.836. The highest BCUT2D eigenvalue weighted by molar-refractivity contribution is 5.48. The van der Waals surface area contributed by atoms with Crippen molar-refractivity contribution in [3.63, 3.8) is 0 Å². The molecule has 5 heteroatoms. The van der Waals surface area contributed by atoms with Crippen molar-refractivity contribution in [1.82, 2.24) is 9.97 Å². The summed E-state index contributed by atoms with van der Waals surface area (Å²) in [4.78, 5) is 9.29. The number of hydrogen-bond acceptors (Lipinski definition) is 5. The Labute approximate surface area is 120 Å². The molecule has 2 saturated carbocycles. The summed E-state index contributed by atoms with van der Waals surface area (Å²) in [6, 6.07) is 2.49. The van der Waals surface area contributed by atoms with Crippen LogP contribution in [-0.4, -0.2) is 35.8 Å². The average Bonchev–Trinajstić information content (AvgIpc) is 3.20. The minimum absolute atomic E-state index is 0.394. The van der Waals surface area contributed by atoms with Gasteiger partial charge in [0.05, 0.1) is 6.10 Å². The van der Waals surface area contributed by atoms with E-state index >= 15 is 0 Å². The number of nitrogens with one attached hydrogen (secondary N) is 2. The highest BCUT2D eigenvalue weighted by atomic mass is 16.5. The summed E-state index contributed by atoms with van der Waals surface area (Å²) >= 11 is 0. The summed E-state index contributed by atoms with van der Waals surface area (Å²) in [5, 5.41) is 6.86. The molecule has 1 heterocycles. The minimum Gasteiger partial charge on any atom is -0.381 e. The van der Waals surface area contributed by atoms with Crippen molar-refractivity contribution < 1.29 is 4.74 Å². The molecule has 2 atom stereocenters. The fourth-order valence-electron chi connectivity index (χ4n) is 2.83. The second-order valence-electron chi connectivity index (χ2n) is 5.81. The molecule has 0 spiro atoms. The normalized spacial score (nSPS) is 25.7. The lowest BCUT2D eigenvalue weighted by Gasteiger charge is -2.15. The monoisotopic (exact) mass is 276 g/mol. The third-order valence-corrected chi connectivity index (χ3v) is 4.11. The van der Waals surface area contributed by atoms with E-state index in [0.717, 1.165) is 43.3 Å².